The van der Waals surface area contributed by atoms with Crippen LogP contribution in [0.3, 0.4) is 0 Å². The van der Waals surface area contributed by atoms with Crippen molar-refractivity contribution in [1.82, 2.24) is 0 Å². The Bertz CT molecular complexity index is 1010. The van der Waals surface area contributed by atoms with Gasteiger partial charge < -0.3 is 20.8 Å². The van der Waals surface area contributed by atoms with E-state index in [9.17, 15) is 8.78 Å². The molecule has 2 aliphatic rings. The molecule has 4 rings (SSSR count). The molecule has 1 aliphatic heterocycles. The highest BCUT2D eigenvalue weighted by atomic mass is 19.3. The highest BCUT2D eigenvalue weighted by molar-refractivity contribution is 6.03. The van der Waals surface area contributed by atoms with Gasteiger partial charge in [-0.1, -0.05) is 24.3 Å². The number of benzene rings is 2. The number of rotatable bonds is 6. The zero-order chi connectivity index (χ0) is 22.2. The zero-order valence-corrected chi connectivity index (χ0v) is 18.0. The molecule has 1 saturated carbocycles. The summed E-state index contributed by atoms with van der Waals surface area (Å²) in [6, 6.07) is 12.4. The monoisotopic (exact) mass is 425 g/mol. The highest BCUT2D eigenvalue weighted by Crippen LogP contribution is 2.46. The molecule has 1 atom stereocenters. The minimum Gasteiger partial charge on any atom is -0.382 e. The summed E-state index contributed by atoms with van der Waals surface area (Å²) in [4.78, 5) is 0. The maximum absolute atomic E-state index is 13.7. The van der Waals surface area contributed by atoms with Crippen molar-refractivity contribution in [3.8, 4) is 0 Å². The summed E-state index contributed by atoms with van der Waals surface area (Å²) >= 11 is 0. The Morgan fingerprint density at radius 2 is 1.97 bits per heavy atom. The van der Waals surface area contributed by atoms with Crippen LogP contribution in [-0.2, 0) is 10.7 Å². The van der Waals surface area contributed by atoms with E-state index in [1.165, 1.54) is 17.7 Å². The largest absolute Gasteiger partial charge is 0.382 e. The predicted octanol–water partition coefficient (Wildman–Crippen LogP) is 6.47. The maximum atomic E-state index is 13.7. The third kappa shape index (κ3) is 4.49. The van der Waals surface area contributed by atoms with E-state index in [-0.39, 0.29) is 11.0 Å². The molecule has 0 radical (unpaired) electrons. The fourth-order valence-corrected chi connectivity index (χ4v) is 4.44. The SMILES string of the molecule is C=C1CCC(Nc2ccc(Nc3cccc(C(C)(F)F)c3)c(C(C)=N)c2)CC12COC2. The van der Waals surface area contributed by atoms with Crippen LogP contribution in [0.5, 0.6) is 0 Å². The minimum absolute atomic E-state index is 0.0447. The number of anilines is 3. The van der Waals surface area contributed by atoms with E-state index in [0.717, 1.165) is 56.3 Å². The van der Waals surface area contributed by atoms with Gasteiger partial charge in [-0.3, -0.25) is 0 Å². The highest BCUT2D eigenvalue weighted by Gasteiger charge is 2.45. The molecule has 31 heavy (non-hydrogen) atoms. The van der Waals surface area contributed by atoms with Crippen molar-refractivity contribution in [2.45, 2.75) is 45.1 Å². The lowest BCUT2D eigenvalue weighted by Crippen LogP contribution is -2.49. The molecule has 1 saturated heterocycles. The van der Waals surface area contributed by atoms with Crippen LogP contribution in [0.4, 0.5) is 25.8 Å². The summed E-state index contributed by atoms with van der Waals surface area (Å²) in [5.74, 6) is -2.90. The molecule has 164 valence electrons. The van der Waals surface area contributed by atoms with Crippen LogP contribution in [0.15, 0.2) is 54.6 Å². The lowest BCUT2D eigenvalue weighted by Gasteiger charge is -2.48. The first kappa shape index (κ1) is 21.5. The van der Waals surface area contributed by atoms with Crippen molar-refractivity contribution in [3.63, 3.8) is 0 Å². The van der Waals surface area contributed by atoms with E-state index < -0.39 is 5.92 Å². The summed E-state index contributed by atoms with van der Waals surface area (Å²) in [6.07, 6.45) is 3.02. The lowest BCUT2D eigenvalue weighted by atomic mass is 9.67. The molecule has 0 amide bonds. The molecule has 3 N–H and O–H groups in total. The van der Waals surface area contributed by atoms with Crippen molar-refractivity contribution in [1.29, 1.82) is 5.41 Å². The summed E-state index contributed by atoms with van der Waals surface area (Å²) < 4.78 is 32.8. The first-order valence-electron chi connectivity index (χ1n) is 10.6. The Morgan fingerprint density at radius 3 is 2.61 bits per heavy atom. The number of ether oxygens (including phenoxy) is 1. The molecule has 0 aromatic heterocycles. The Kier molecular flexibility index (Phi) is 5.60. The van der Waals surface area contributed by atoms with Gasteiger partial charge in [0.25, 0.3) is 5.92 Å². The van der Waals surface area contributed by atoms with Crippen LogP contribution < -0.4 is 10.6 Å². The van der Waals surface area contributed by atoms with Crippen LogP contribution in [0.1, 0.15) is 44.2 Å². The van der Waals surface area contributed by atoms with Crippen molar-refractivity contribution in [3.05, 3.63) is 65.7 Å². The maximum Gasteiger partial charge on any atom is 0.270 e. The lowest BCUT2D eigenvalue weighted by molar-refractivity contribution is -0.102. The van der Waals surface area contributed by atoms with Gasteiger partial charge in [0.2, 0.25) is 0 Å². The topological polar surface area (TPSA) is 57.1 Å². The molecule has 1 unspecified atom stereocenters. The fraction of sp³-hybridized carbons (Fsp3) is 0.400. The fourth-order valence-electron chi connectivity index (χ4n) is 4.44. The average molecular weight is 426 g/mol. The van der Waals surface area contributed by atoms with Crippen LogP contribution >= 0.6 is 0 Å². The standard InChI is InChI=1S/C25H29F2N3O/c1-16-7-8-21(13-25(16)14-31-15-25)29-20-9-10-23(22(12-20)17(2)28)30-19-6-4-5-18(11-19)24(3,26)27/h4-6,9-12,21,28-30H,1,7-8,13-15H2,2-3H3. The molecule has 6 heteroatoms. The van der Waals surface area contributed by atoms with Gasteiger partial charge in [0.15, 0.2) is 0 Å². The normalized spacial score (nSPS) is 20.3. The molecule has 1 aliphatic carbocycles. The summed E-state index contributed by atoms with van der Waals surface area (Å²) in [7, 11) is 0. The first-order chi connectivity index (χ1) is 14.7. The Hall–Kier alpha value is -2.73. The van der Waals surface area contributed by atoms with Crippen molar-refractivity contribution >= 4 is 22.8 Å². The van der Waals surface area contributed by atoms with Crippen molar-refractivity contribution < 1.29 is 13.5 Å². The predicted molar refractivity (Wildman–Crippen MR) is 122 cm³/mol. The third-order valence-corrected chi connectivity index (χ3v) is 6.38. The molecule has 4 nitrogen and oxygen atoms in total. The minimum atomic E-state index is -2.90. The second kappa shape index (κ2) is 8.08. The van der Waals surface area contributed by atoms with Gasteiger partial charge in [-0.05, 0) is 56.5 Å². The van der Waals surface area contributed by atoms with Gasteiger partial charge in [0.05, 0.1) is 13.2 Å². The van der Waals surface area contributed by atoms with Crippen molar-refractivity contribution in [2.24, 2.45) is 5.41 Å². The van der Waals surface area contributed by atoms with Gasteiger partial charge >= 0.3 is 0 Å². The van der Waals surface area contributed by atoms with E-state index >= 15 is 0 Å². The molecular formula is C25H29F2N3O. The third-order valence-electron chi connectivity index (χ3n) is 6.38. The number of halogens is 2. The quantitative estimate of drug-likeness (QED) is 0.367. The molecular weight excluding hydrogens is 396 g/mol. The number of nitrogens with one attached hydrogen (secondary N) is 3. The zero-order valence-electron chi connectivity index (χ0n) is 18.0. The van der Waals surface area contributed by atoms with Gasteiger partial charge in [-0.15, -0.1) is 0 Å². The van der Waals surface area contributed by atoms with E-state index in [2.05, 4.69) is 17.2 Å². The second-order valence-electron chi connectivity index (χ2n) is 8.94. The van der Waals surface area contributed by atoms with Gasteiger partial charge in [0, 0.05) is 52.3 Å². The van der Waals surface area contributed by atoms with Crippen LogP contribution in [0.25, 0.3) is 0 Å². The molecule has 2 aromatic rings. The van der Waals surface area contributed by atoms with E-state index in [1.807, 2.05) is 18.2 Å². The molecule has 1 heterocycles. The van der Waals surface area contributed by atoms with E-state index in [4.69, 9.17) is 10.1 Å². The molecule has 0 bridgehead atoms. The van der Waals surface area contributed by atoms with Gasteiger partial charge in [0.1, 0.15) is 0 Å². The Labute approximate surface area is 182 Å². The number of hydrogen-bond acceptors (Lipinski definition) is 4. The number of alkyl halides is 2. The van der Waals surface area contributed by atoms with Gasteiger partial charge in [-0.25, -0.2) is 8.78 Å². The Balaban J connectivity index is 1.52. The number of hydrogen-bond donors (Lipinski definition) is 3. The van der Waals surface area contributed by atoms with Crippen LogP contribution in [0, 0.1) is 10.8 Å². The first-order valence-corrected chi connectivity index (χ1v) is 10.6. The van der Waals surface area contributed by atoms with Gasteiger partial charge in [-0.2, -0.15) is 0 Å². The van der Waals surface area contributed by atoms with Crippen LogP contribution in [0.2, 0.25) is 0 Å². The smallest absolute Gasteiger partial charge is 0.270 e. The van der Waals surface area contributed by atoms with Crippen LogP contribution in [-0.4, -0.2) is 25.0 Å². The molecule has 2 fully saturated rings. The summed E-state index contributed by atoms with van der Waals surface area (Å²) in [6.45, 7) is 8.38. The summed E-state index contributed by atoms with van der Waals surface area (Å²) in [5, 5.41) is 15.0. The average Bonchev–Trinajstić information content (AvgIpc) is 2.69. The molecule has 1 spiro atoms. The van der Waals surface area contributed by atoms with E-state index in [1.54, 1.807) is 19.1 Å². The van der Waals surface area contributed by atoms with E-state index in [0.29, 0.717) is 17.4 Å². The van der Waals surface area contributed by atoms with Crippen molar-refractivity contribution in [2.75, 3.05) is 23.8 Å². The molecule has 2 aromatic carbocycles. The Morgan fingerprint density at radius 1 is 1.19 bits per heavy atom. The summed E-state index contributed by atoms with van der Waals surface area (Å²) in [5.41, 5.74) is 4.75. The second-order valence-corrected chi connectivity index (χ2v) is 8.94.